The van der Waals surface area contributed by atoms with Crippen LogP contribution in [0.1, 0.15) is 40.5 Å². The molecule has 1 atom stereocenters. The Morgan fingerprint density at radius 1 is 1.33 bits per heavy atom. The molecule has 1 heteroatoms. The third kappa shape index (κ3) is 2.63. The Morgan fingerprint density at radius 3 is 2.50 bits per heavy atom. The SMILES string of the molecule is CC1=C(C)C[C@H](CC(C)C)OC1. The van der Waals surface area contributed by atoms with Crippen LogP contribution < -0.4 is 0 Å². The van der Waals surface area contributed by atoms with Crippen molar-refractivity contribution in [1.82, 2.24) is 0 Å². The summed E-state index contributed by atoms with van der Waals surface area (Å²) in [5.41, 5.74) is 2.96. The Morgan fingerprint density at radius 2 is 2.00 bits per heavy atom. The Bertz CT molecular complexity index is 179. The molecule has 0 radical (unpaired) electrons. The fraction of sp³-hybridized carbons (Fsp3) is 0.818. The minimum Gasteiger partial charge on any atom is -0.374 e. The van der Waals surface area contributed by atoms with Gasteiger partial charge in [-0.25, -0.2) is 0 Å². The van der Waals surface area contributed by atoms with E-state index in [9.17, 15) is 0 Å². The normalized spacial score (nSPS) is 25.2. The van der Waals surface area contributed by atoms with E-state index in [0.29, 0.717) is 6.10 Å². The minimum atomic E-state index is 0.480. The molecule has 1 heterocycles. The first kappa shape index (κ1) is 9.79. The minimum absolute atomic E-state index is 0.480. The molecule has 0 saturated heterocycles. The summed E-state index contributed by atoms with van der Waals surface area (Å²) in [6.07, 6.45) is 2.82. The molecule has 0 saturated carbocycles. The zero-order valence-corrected chi connectivity index (χ0v) is 8.68. The molecule has 12 heavy (non-hydrogen) atoms. The molecule has 0 amide bonds. The van der Waals surface area contributed by atoms with Crippen molar-refractivity contribution in [2.24, 2.45) is 5.92 Å². The third-order valence-corrected chi connectivity index (χ3v) is 2.53. The van der Waals surface area contributed by atoms with Crippen LogP contribution in [-0.4, -0.2) is 12.7 Å². The van der Waals surface area contributed by atoms with E-state index in [4.69, 9.17) is 4.74 Å². The van der Waals surface area contributed by atoms with E-state index < -0.39 is 0 Å². The van der Waals surface area contributed by atoms with Gasteiger partial charge in [0.05, 0.1) is 12.7 Å². The van der Waals surface area contributed by atoms with Crippen LogP contribution in [0.2, 0.25) is 0 Å². The van der Waals surface area contributed by atoms with E-state index >= 15 is 0 Å². The van der Waals surface area contributed by atoms with Crippen molar-refractivity contribution in [1.29, 1.82) is 0 Å². The van der Waals surface area contributed by atoms with Gasteiger partial charge in [0.25, 0.3) is 0 Å². The van der Waals surface area contributed by atoms with Crippen LogP contribution >= 0.6 is 0 Å². The van der Waals surface area contributed by atoms with Crippen molar-refractivity contribution in [3.8, 4) is 0 Å². The monoisotopic (exact) mass is 168 g/mol. The van der Waals surface area contributed by atoms with Gasteiger partial charge in [0, 0.05) is 0 Å². The zero-order chi connectivity index (χ0) is 9.14. The van der Waals surface area contributed by atoms with Gasteiger partial charge in [-0.2, -0.15) is 0 Å². The van der Waals surface area contributed by atoms with E-state index in [1.54, 1.807) is 0 Å². The lowest BCUT2D eigenvalue weighted by Gasteiger charge is -2.26. The van der Waals surface area contributed by atoms with Crippen molar-refractivity contribution in [3.63, 3.8) is 0 Å². The molecule has 1 rings (SSSR count). The van der Waals surface area contributed by atoms with Gasteiger partial charge in [0.2, 0.25) is 0 Å². The second kappa shape index (κ2) is 4.08. The third-order valence-electron chi connectivity index (χ3n) is 2.53. The highest BCUT2D eigenvalue weighted by atomic mass is 16.5. The fourth-order valence-corrected chi connectivity index (χ4v) is 1.62. The van der Waals surface area contributed by atoms with Gasteiger partial charge < -0.3 is 4.74 Å². The smallest absolute Gasteiger partial charge is 0.0680 e. The maximum Gasteiger partial charge on any atom is 0.0680 e. The Labute approximate surface area is 75.8 Å². The van der Waals surface area contributed by atoms with Crippen LogP contribution in [0.3, 0.4) is 0 Å². The van der Waals surface area contributed by atoms with Crippen molar-refractivity contribution < 1.29 is 4.74 Å². The van der Waals surface area contributed by atoms with E-state index in [2.05, 4.69) is 27.7 Å². The van der Waals surface area contributed by atoms with Crippen molar-refractivity contribution >= 4 is 0 Å². The summed E-state index contributed by atoms with van der Waals surface area (Å²) in [7, 11) is 0. The molecule has 0 unspecified atom stereocenters. The number of hydrogen-bond donors (Lipinski definition) is 0. The first-order valence-corrected chi connectivity index (χ1v) is 4.86. The Kier molecular flexibility index (Phi) is 3.33. The summed E-state index contributed by atoms with van der Waals surface area (Å²) in [5, 5.41) is 0. The number of rotatable bonds is 2. The molecule has 0 fully saturated rings. The molecule has 0 aromatic carbocycles. The lowest BCUT2D eigenvalue weighted by molar-refractivity contribution is 0.0437. The Balaban J connectivity index is 2.44. The zero-order valence-electron chi connectivity index (χ0n) is 8.68. The molecule has 0 aromatic heterocycles. The van der Waals surface area contributed by atoms with E-state index in [1.165, 1.54) is 17.6 Å². The maximum absolute atomic E-state index is 5.71. The van der Waals surface area contributed by atoms with Gasteiger partial charge in [-0.3, -0.25) is 0 Å². The highest BCUT2D eigenvalue weighted by Crippen LogP contribution is 2.23. The van der Waals surface area contributed by atoms with Crippen LogP contribution in [0.15, 0.2) is 11.1 Å². The lowest BCUT2D eigenvalue weighted by atomic mass is 9.96. The average Bonchev–Trinajstić information content (AvgIpc) is 1.96. The van der Waals surface area contributed by atoms with E-state index in [0.717, 1.165) is 18.9 Å². The molecule has 0 spiro atoms. The van der Waals surface area contributed by atoms with Crippen molar-refractivity contribution in [3.05, 3.63) is 11.1 Å². The highest BCUT2D eigenvalue weighted by molar-refractivity contribution is 5.13. The quantitative estimate of drug-likeness (QED) is 0.575. The largest absolute Gasteiger partial charge is 0.374 e. The van der Waals surface area contributed by atoms with Gasteiger partial charge in [-0.05, 0) is 38.2 Å². The topological polar surface area (TPSA) is 9.23 Å². The molecule has 0 aliphatic carbocycles. The maximum atomic E-state index is 5.71. The van der Waals surface area contributed by atoms with Crippen molar-refractivity contribution in [2.45, 2.75) is 46.6 Å². The summed E-state index contributed by atoms with van der Waals surface area (Å²) < 4.78 is 5.71. The molecule has 1 nitrogen and oxygen atoms in total. The second-order valence-corrected chi connectivity index (χ2v) is 4.33. The van der Waals surface area contributed by atoms with Crippen LogP contribution in [-0.2, 0) is 4.74 Å². The summed E-state index contributed by atoms with van der Waals surface area (Å²) in [6.45, 7) is 9.75. The standard InChI is InChI=1S/C11H20O/c1-8(2)5-11-6-9(3)10(4)7-12-11/h8,11H,5-7H2,1-4H3/t11-/m0/s1. The average molecular weight is 168 g/mol. The molecular weight excluding hydrogens is 148 g/mol. The van der Waals surface area contributed by atoms with Crippen LogP contribution in [0, 0.1) is 5.92 Å². The van der Waals surface area contributed by atoms with Crippen LogP contribution in [0.5, 0.6) is 0 Å². The highest BCUT2D eigenvalue weighted by Gasteiger charge is 2.17. The summed E-state index contributed by atoms with van der Waals surface area (Å²) in [4.78, 5) is 0. The van der Waals surface area contributed by atoms with E-state index in [1.807, 2.05) is 0 Å². The molecule has 0 N–H and O–H groups in total. The first-order valence-electron chi connectivity index (χ1n) is 4.86. The molecule has 0 aromatic rings. The first-order chi connectivity index (χ1) is 5.59. The summed E-state index contributed by atoms with van der Waals surface area (Å²) in [5.74, 6) is 0.751. The molecule has 1 aliphatic rings. The number of ether oxygens (including phenoxy) is 1. The van der Waals surface area contributed by atoms with E-state index in [-0.39, 0.29) is 0 Å². The van der Waals surface area contributed by atoms with Crippen LogP contribution in [0.4, 0.5) is 0 Å². The lowest BCUT2D eigenvalue weighted by Crippen LogP contribution is -2.22. The molecule has 1 aliphatic heterocycles. The molecular formula is C11H20O. The van der Waals surface area contributed by atoms with Crippen molar-refractivity contribution in [2.75, 3.05) is 6.61 Å². The fourth-order valence-electron chi connectivity index (χ4n) is 1.62. The number of hydrogen-bond acceptors (Lipinski definition) is 1. The summed E-state index contributed by atoms with van der Waals surface area (Å²) >= 11 is 0. The van der Waals surface area contributed by atoms with Gasteiger partial charge in [0.15, 0.2) is 0 Å². The molecule has 0 bridgehead atoms. The van der Waals surface area contributed by atoms with Gasteiger partial charge in [-0.1, -0.05) is 19.4 Å². The van der Waals surface area contributed by atoms with Gasteiger partial charge in [-0.15, -0.1) is 0 Å². The second-order valence-electron chi connectivity index (χ2n) is 4.33. The predicted octanol–water partition coefficient (Wildman–Crippen LogP) is 3.16. The summed E-state index contributed by atoms with van der Waals surface area (Å²) in [6, 6.07) is 0. The van der Waals surface area contributed by atoms with Crippen LogP contribution in [0.25, 0.3) is 0 Å². The predicted molar refractivity (Wildman–Crippen MR) is 52.2 cm³/mol. The van der Waals surface area contributed by atoms with Gasteiger partial charge in [0.1, 0.15) is 0 Å². The Hall–Kier alpha value is -0.300. The van der Waals surface area contributed by atoms with Gasteiger partial charge >= 0.3 is 0 Å². The molecule has 70 valence electrons.